The standard InChI is InChI=1S/C19H25F3N2O3/c1-2-3-4-5-6-7-12-23-18(27)24-15-10-8-14(9-11-15)16(25)13-17(26)19(20,21)22/h8-11,13,25H,2-7,12H2,1H3,(H2,23,24,27)/b16-13-. The second-order valence-electron chi connectivity index (χ2n) is 6.12. The fraction of sp³-hybridized carbons (Fsp3) is 0.474. The molecule has 2 amide bonds. The third kappa shape index (κ3) is 9.12. The average Bonchev–Trinajstić information content (AvgIpc) is 2.60. The van der Waals surface area contributed by atoms with Gasteiger partial charge in [0.1, 0.15) is 5.76 Å². The van der Waals surface area contributed by atoms with Crippen LogP contribution in [0.3, 0.4) is 0 Å². The lowest BCUT2D eigenvalue weighted by Crippen LogP contribution is -2.29. The van der Waals surface area contributed by atoms with E-state index in [0.29, 0.717) is 12.2 Å². The van der Waals surface area contributed by atoms with Crippen LogP contribution in [0.1, 0.15) is 51.0 Å². The molecule has 0 saturated heterocycles. The first-order chi connectivity index (χ1) is 12.7. The summed E-state index contributed by atoms with van der Waals surface area (Å²) in [7, 11) is 0. The molecule has 27 heavy (non-hydrogen) atoms. The lowest BCUT2D eigenvalue weighted by atomic mass is 10.1. The number of aliphatic hydroxyl groups is 1. The van der Waals surface area contributed by atoms with Gasteiger partial charge in [-0.15, -0.1) is 0 Å². The molecule has 0 aliphatic rings. The third-order valence-corrected chi connectivity index (χ3v) is 3.80. The summed E-state index contributed by atoms with van der Waals surface area (Å²) in [5, 5.41) is 14.9. The van der Waals surface area contributed by atoms with E-state index in [1.807, 2.05) is 0 Å². The Morgan fingerprint density at radius 2 is 1.63 bits per heavy atom. The number of alkyl halides is 3. The third-order valence-electron chi connectivity index (χ3n) is 3.80. The molecule has 1 aromatic rings. The molecule has 0 saturated carbocycles. The van der Waals surface area contributed by atoms with Crippen molar-refractivity contribution < 1.29 is 27.9 Å². The zero-order valence-corrected chi connectivity index (χ0v) is 15.2. The normalized spacial score (nSPS) is 11.9. The van der Waals surface area contributed by atoms with Gasteiger partial charge in [0, 0.05) is 23.9 Å². The second-order valence-corrected chi connectivity index (χ2v) is 6.12. The smallest absolute Gasteiger partial charge is 0.454 e. The van der Waals surface area contributed by atoms with Crippen molar-refractivity contribution >= 4 is 23.3 Å². The van der Waals surface area contributed by atoms with Crippen molar-refractivity contribution in [3.63, 3.8) is 0 Å². The van der Waals surface area contributed by atoms with Crippen molar-refractivity contribution in [2.24, 2.45) is 0 Å². The minimum Gasteiger partial charge on any atom is -0.507 e. The van der Waals surface area contributed by atoms with Gasteiger partial charge < -0.3 is 15.7 Å². The minimum atomic E-state index is -5.04. The highest BCUT2D eigenvalue weighted by atomic mass is 19.4. The van der Waals surface area contributed by atoms with E-state index in [2.05, 4.69) is 17.6 Å². The van der Waals surface area contributed by atoms with Crippen LogP contribution in [0, 0.1) is 0 Å². The maximum Gasteiger partial charge on any atom is 0.454 e. The molecule has 8 heteroatoms. The summed E-state index contributed by atoms with van der Waals surface area (Å²) in [4.78, 5) is 22.6. The Kier molecular flexibility index (Phi) is 9.39. The monoisotopic (exact) mass is 386 g/mol. The fourth-order valence-electron chi connectivity index (χ4n) is 2.30. The minimum absolute atomic E-state index is 0.0330. The van der Waals surface area contributed by atoms with Gasteiger partial charge in [-0.3, -0.25) is 4.79 Å². The summed E-state index contributed by atoms with van der Waals surface area (Å²) >= 11 is 0. The summed E-state index contributed by atoms with van der Waals surface area (Å²) < 4.78 is 36.5. The molecule has 1 aromatic carbocycles. The number of anilines is 1. The van der Waals surface area contributed by atoms with E-state index in [-0.39, 0.29) is 17.7 Å². The summed E-state index contributed by atoms with van der Waals surface area (Å²) in [6, 6.07) is 5.06. The van der Waals surface area contributed by atoms with Gasteiger partial charge in [-0.25, -0.2) is 4.79 Å². The molecule has 0 aromatic heterocycles. The maximum absolute atomic E-state index is 12.2. The van der Waals surface area contributed by atoms with Gasteiger partial charge >= 0.3 is 12.2 Å². The van der Waals surface area contributed by atoms with Crippen LogP contribution in [0.4, 0.5) is 23.7 Å². The number of rotatable bonds is 10. The molecular weight excluding hydrogens is 361 g/mol. The molecule has 1 rings (SSSR count). The quantitative estimate of drug-likeness (QED) is 0.294. The first-order valence-electron chi connectivity index (χ1n) is 8.91. The Balaban J connectivity index is 2.42. The Hall–Kier alpha value is -2.51. The fourth-order valence-corrected chi connectivity index (χ4v) is 2.30. The van der Waals surface area contributed by atoms with E-state index < -0.39 is 17.7 Å². The maximum atomic E-state index is 12.2. The predicted molar refractivity (Wildman–Crippen MR) is 98.5 cm³/mol. The lowest BCUT2D eigenvalue weighted by Gasteiger charge is -2.08. The number of amides is 2. The van der Waals surface area contributed by atoms with Gasteiger partial charge in [-0.2, -0.15) is 13.2 Å². The molecule has 0 atom stereocenters. The van der Waals surface area contributed by atoms with E-state index >= 15 is 0 Å². The molecule has 0 unspecified atom stereocenters. The molecule has 0 radical (unpaired) electrons. The Morgan fingerprint density at radius 1 is 1.04 bits per heavy atom. The van der Waals surface area contributed by atoms with Crippen LogP contribution < -0.4 is 10.6 Å². The number of aliphatic hydroxyl groups excluding tert-OH is 1. The zero-order valence-electron chi connectivity index (χ0n) is 15.2. The van der Waals surface area contributed by atoms with Gasteiger partial charge in [0.2, 0.25) is 0 Å². The number of unbranched alkanes of at least 4 members (excludes halogenated alkanes) is 5. The first kappa shape index (κ1) is 22.5. The lowest BCUT2D eigenvalue weighted by molar-refractivity contribution is -0.165. The van der Waals surface area contributed by atoms with Crippen LogP contribution in [0.25, 0.3) is 5.76 Å². The molecule has 5 nitrogen and oxygen atoms in total. The molecule has 0 aliphatic heterocycles. The summed E-state index contributed by atoms with van der Waals surface area (Å²) in [5.41, 5.74) is 0.444. The number of hydrogen-bond acceptors (Lipinski definition) is 3. The first-order valence-corrected chi connectivity index (χ1v) is 8.91. The predicted octanol–water partition coefficient (Wildman–Crippen LogP) is 5.20. The molecule has 150 valence electrons. The number of halogens is 3. The molecule has 0 fully saturated rings. The van der Waals surface area contributed by atoms with Crippen LogP contribution in [0.15, 0.2) is 30.3 Å². The number of urea groups is 1. The van der Waals surface area contributed by atoms with Crippen molar-refractivity contribution in [1.29, 1.82) is 0 Å². The molecule has 0 bridgehead atoms. The highest BCUT2D eigenvalue weighted by Crippen LogP contribution is 2.20. The molecule has 0 aliphatic carbocycles. The van der Waals surface area contributed by atoms with E-state index in [1.54, 1.807) is 0 Å². The van der Waals surface area contributed by atoms with Gasteiger partial charge in [0.15, 0.2) is 0 Å². The van der Waals surface area contributed by atoms with E-state index in [1.165, 1.54) is 43.5 Å². The largest absolute Gasteiger partial charge is 0.507 e. The molecule has 3 N–H and O–H groups in total. The van der Waals surface area contributed by atoms with Crippen molar-refractivity contribution in [3.8, 4) is 0 Å². The van der Waals surface area contributed by atoms with E-state index in [4.69, 9.17) is 0 Å². The van der Waals surface area contributed by atoms with Gasteiger partial charge in [0.05, 0.1) is 0 Å². The van der Waals surface area contributed by atoms with Crippen molar-refractivity contribution in [3.05, 3.63) is 35.9 Å². The van der Waals surface area contributed by atoms with Crippen LogP contribution in [-0.4, -0.2) is 29.6 Å². The topological polar surface area (TPSA) is 78.4 Å². The van der Waals surface area contributed by atoms with E-state index in [0.717, 1.165) is 19.3 Å². The van der Waals surface area contributed by atoms with Crippen molar-refractivity contribution in [1.82, 2.24) is 5.32 Å². The van der Waals surface area contributed by atoms with Crippen LogP contribution in [0.5, 0.6) is 0 Å². The summed E-state index contributed by atoms with van der Waals surface area (Å²) in [5.74, 6) is -2.94. The molecule has 0 spiro atoms. The van der Waals surface area contributed by atoms with Gasteiger partial charge in [-0.05, 0) is 30.7 Å². The molecule has 0 heterocycles. The Morgan fingerprint density at radius 3 is 2.22 bits per heavy atom. The number of nitrogens with one attached hydrogen (secondary N) is 2. The van der Waals surface area contributed by atoms with Crippen molar-refractivity contribution in [2.75, 3.05) is 11.9 Å². The van der Waals surface area contributed by atoms with Crippen molar-refractivity contribution in [2.45, 2.75) is 51.6 Å². The Labute approximate surface area is 156 Å². The number of carbonyl (C=O) groups excluding carboxylic acids is 2. The summed E-state index contributed by atoms with van der Waals surface area (Å²) in [6.45, 7) is 2.71. The number of hydrogen-bond donors (Lipinski definition) is 3. The highest BCUT2D eigenvalue weighted by molar-refractivity contribution is 5.99. The average molecular weight is 386 g/mol. The number of carbonyl (C=O) groups is 2. The van der Waals surface area contributed by atoms with Crippen LogP contribution >= 0.6 is 0 Å². The molecular formula is C19H25F3N2O3. The second kappa shape index (κ2) is 11.3. The van der Waals surface area contributed by atoms with Gasteiger partial charge in [-0.1, -0.05) is 39.0 Å². The highest BCUT2D eigenvalue weighted by Gasteiger charge is 2.36. The number of allylic oxidation sites excluding steroid dienone is 1. The SMILES string of the molecule is CCCCCCCCNC(=O)Nc1ccc(/C(O)=C/C(=O)C(F)(F)F)cc1. The zero-order chi connectivity index (χ0) is 20.3. The van der Waals surface area contributed by atoms with Gasteiger partial charge in [0.25, 0.3) is 5.78 Å². The number of benzene rings is 1. The van der Waals surface area contributed by atoms with Crippen LogP contribution in [-0.2, 0) is 4.79 Å². The van der Waals surface area contributed by atoms with Crippen LogP contribution in [0.2, 0.25) is 0 Å². The number of ketones is 1. The van der Waals surface area contributed by atoms with E-state index in [9.17, 15) is 27.9 Å². The Bertz CT molecular complexity index is 641. The summed E-state index contributed by atoms with van der Waals surface area (Å²) in [6.07, 6.45) is 1.78.